The van der Waals surface area contributed by atoms with Gasteiger partial charge in [-0.05, 0) is 35.9 Å². The van der Waals surface area contributed by atoms with E-state index < -0.39 is 11.7 Å². The number of rotatable bonds is 3. The molecule has 0 bridgehead atoms. The van der Waals surface area contributed by atoms with Gasteiger partial charge < -0.3 is 4.90 Å². The SMILES string of the molecule is O=C(NO)c1ccc(CN2c3ccccc3C=Cc3cccnc32)c(F)c1. The number of pyridine rings is 1. The number of nitrogens with one attached hydrogen (secondary N) is 1. The Morgan fingerprint density at radius 2 is 1.85 bits per heavy atom. The zero-order valence-electron chi connectivity index (χ0n) is 14.3. The predicted octanol–water partition coefficient (Wildman–Crippen LogP) is 4.16. The van der Waals surface area contributed by atoms with Gasteiger partial charge in [-0.25, -0.2) is 14.9 Å². The lowest BCUT2D eigenvalue weighted by atomic mass is 10.1. The monoisotopic (exact) mass is 361 g/mol. The highest BCUT2D eigenvalue weighted by molar-refractivity contribution is 5.93. The maximum Gasteiger partial charge on any atom is 0.274 e. The van der Waals surface area contributed by atoms with Crippen LogP contribution < -0.4 is 10.4 Å². The number of fused-ring (bicyclic) bond motifs is 2. The number of carbonyl (C=O) groups is 1. The zero-order chi connectivity index (χ0) is 18.8. The van der Waals surface area contributed by atoms with Gasteiger partial charge in [0.2, 0.25) is 0 Å². The molecular weight excluding hydrogens is 345 g/mol. The van der Waals surface area contributed by atoms with E-state index in [1.165, 1.54) is 11.5 Å². The number of aromatic nitrogens is 1. The highest BCUT2D eigenvalue weighted by Gasteiger charge is 2.20. The molecular formula is C21H16FN3O2. The average molecular weight is 361 g/mol. The van der Waals surface area contributed by atoms with Crippen molar-refractivity contribution in [2.24, 2.45) is 0 Å². The van der Waals surface area contributed by atoms with Crippen LogP contribution in [-0.4, -0.2) is 16.1 Å². The Morgan fingerprint density at radius 1 is 1.07 bits per heavy atom. The standard InChI is InChI=1S/C21H16FN3O2/c22-18-12-16(21(26)24-27)9-10-17(18)13-25-19-6-2-1-4-14(19)7-8-15-5-3-11-23-20(15)25/h1-12,27H,13H2,(H,24,26). The molecule has 1 aliphatic rings. The van der Waals surface area contributed by atoms with Gasteiger partial charge in [-0.1, -0.05) is 36.4 Å². The number of amides is 1. The Bertz CT molecular complexity index is 1000. The fourth-order valence-electron chi connectivity index (χ4n) is 3.14. The van der Waals surface area contributed by atoms with E-state index in [9.17, 15) is 9.18 Å². The van der Waals surface area contributed by atoms with E-state index in [2.05, 4.69) is 4.98 Å². The van der Waals surface area contributed by atoms with Crippen molar-refractivity contribution in [1.29, 1.82) is 0 Å². The van der Waals surface area contributed by atoms with Crippen LogP contribution in [0.1, 0.15) is 27.0 Å². The minimum absolute atomic E-state index is 0.0511. The fourth-order valence-corrected chi connectivity index (χ4v) is 3.14. The van der Waals surface area contributed by atoms with Crippen molar-refractivity contribution in [3.63, 3.8) is 0 Å². The Labute approximate surface area is 155 Å². The molecule has 2 heterocycles. The molecule has 2 N–H and O–H groups in total. The van der Waals surface area contributed by atoms with Crippen LogP contribution in [0.15, 0.2) is 60.8 Å². The van der Waals surface area contributed by atoms with Crippen LogP contribution >= 0.6 is 0 Å². The number of hydrogen-bond donors (Lipinski definition) is 2. The lowest BCUT2D eigenvalue weighted by molar-refractivity contribution is 0.0706. The quantitative estimate of drug-likeness (QED) is 0.543. The second kappa shape index (κ2) is 7.01. The summed E-state index contributed by atoms with van der Waals surface area (Å²) in [5.41, 5.74) is 4.84. The molecule has 0 spiro atoms. The van der Waals surface area contributed by atoms with Gasteiger partial charge in [-0.2, -0.15) is 0 Å². The van der Waals surface area contributed by atoms with Crippen LogP contribution in [0.25, 0.3) is 12.2 Å². The number of para-hydroxylation sites is 1. The van der Waals surface area contributed by atoms with Crippen LogP contribution in [0, 0.1) is 5.82 Å². The molecule has 0 unspecified atom stereocenters. The van der Waals surface area contributed by atoms with E-state index in [1.54, 1.807) is 12.3 Å². The molecule has 0 aliphatic carbocycles. The minimum Gasteiger partial charge on any atom is -0.321 e. The van der Waals surface area contributed by atoms with Gasteiger partial charge in [-0.15, -0.1) is 0 Å². The van der Waals surface area contributed by atoms with Crippen molar-refractivity contribution in [3.05, 3.63) is 88.9 Å². The zero-order valence-corrected chi connectivity index (χ0v) is 14.3. The molecule has 2 aromatic carbocycles. The van der Waals surface area contributed by atoms with E-state index in [-0.39, 0.29) is 12.1 Å². The maximum atomic E-state index is 14.6. The summed E-state index contributed by atoms with van der Waals surface area (Å²) in [5, 5.41) is 8.71. The van der Waals surface area contributed by atoms with E-state index in [4.69, 9.17) is 5.21 Å². The molecule has 3 aromatic rings. The first kappa shape index (κ1) is 16.9. The lowest BCUT2D eigenvalue weighted by Crippen LogP contribution is -2.21. The first-order valence-electron chi connectivity index (χ1n) is 8.40. The summed E-state index contributed by atoms with van der Waals surface area (Å²) in [6.45, 7) is 0.246. The maximum absolute atomic E-state index is 14.6. The first-order valence-corrected chi connectivity index (χ1v) is 8.40. The van der Waals surface area contributed by atoms with Crippen LogP contribution in [0.4, 0.5) is 15.9 Å². The molecule has 1 aliphatic heterocycles. The molecule has 1 aromatic heterocycles. The Morgan fingerprint density at radius 3 is 2.67 bits per heavy atom. The summed E-state index contributed by atoms with van der Waals surface area (Å²) in [4.78, 5) is 17.9. The van der Waals surface area contributed by atoms with Gasteiger partial charge in [-0.3, -0.25) is 10.0 Å². The Balaban J connectivity index is 1.78. The molecule has 5 nitrogen and oxygen atoms in total. The van der Waals surface area contributed by atoms with E-state index in [1.807, 2.05) is 53.5 Å². The summed E-state index contributed by atoms with van der Waals surface area (Å²) in [6, 6.07) is 15.8. The third-order valence-electron chi connectivity index (χ3n) is 4.49. The molecule has 6 heteroatoms. The number of anilines is 2. The number of carbonyl (C=O) groups excluding carboxylic acids is 1. The smallest absolute Gasteiger partial charge is 0.274 e. The van der Waals surface area contributed by atoms with Crippen molar-refractivity contribution in [1.82, 2.24) is 10.5 Å². The second-order valence-electron chi connectivity index (χ2n) is 6.14. The van der Waals surface area contributed by atoms with Crippen molar-refractivity contribution >= 4 is 29.6 Å². The first-order chi connectivity index (χ1) is 13.2. The summed E-state index contributed by atoms with van der Waals surface area (Å²) in [5.74, 6) is -0.546. The van der Waals surface area contributed by atoms with E-state index in [0.717, 1.165) is 28.7 Å². The summed E-state index contributed by atoms with van der Waals surface area (Å²) < 4.78 is 14.6. The lowest BCUT2D eigenvalue weighted by Gasteiger charge is -2.26. The van der Waals surface area contributed by atoms with Crippen LogP contribution in [0.5, 0.6) is 0 Å². The number of benzene rings is 2. The molecule has 0 saturated carbocycles. The third kappa shape index (κ3) is 3.18. The normalized spacial score (nSPS) is 12.1. The number of halogens is 1. The highest BCUT2D eigenvalue weighted by Crippen LogP contribution is 2.36. The van der Waals surface area contributed by atoms with Crippen LogP contribution in [0.3, 0.4) is 0 Å². The van der Waals surface area contributed by atoms with Crippen LogP contribution in [0.2, 0.25) is 0 Å². The van der Waals surface area contributed by atoms with Gasteiger partial charge in [0.1, 0.15) is 11.6 Å². The molecule has 27 heavy (non-hydrogen) atoms. The molecule has 134 valence electrons. The predicted molar refractivity (Wildman–Crippen MR) is 101 cm³/mol. The summed E-state index contributed by atoms with van der Waals surface area (Å²) in [7, 11) is 0. The minimum atomic E-state index is -0.753. The van der Waals surface area contributed by atoms with Crippen molar-refractivity contribution in [2.45, 2.75) is 6.54 Å². The summed E-state index contributed by atoms with van der Waals surface area (Å²) in [6.07, 6.45) is 5.71. The largest absolute Gasteiger partial charge is 0.321 e. The van der Waals surface area contributed by atoms with Gasteiger partial charge in [0.25, 0.3) is 5.91 Å². The molecule has 4 rings (SSSR count). The number of hydrogen-bond acceptors (Lipinski definition) is 4. The average Bonchev–Trinajstić information content (AvgIpc) is 2.86. The molecule has 0 fully saturated rings. The Kier molecular flexibility index (Phi) is 4.40. The molecule has 1 amide bonds. The van der Waals surface area contributed by atoms with Crippen LogP contribution in [-0.2, 0) is 6.54 Å². The third-order valence-corrected chi connectivity index (χ3v) is 4.49. The van der Waals surface area contributed by atoms with Gasteiger partial charge in [0.05, 0.1) is 6.54 Å². The van der Waals surface area contributed by atoms with Gasteiger partial charge in [0, 0.05) is 28.6 Å². The number of hydroxylamine groups is 1. The Hall–Kier alpha value is -3.51. The molecule has 0 radical (unpaired) electrons. The topological polar surface area (TPSA) is 65.5 Å². The molecule has 0 atom stereocenters. The van der Waals surface area contributed by atoms with Gasteiger partial charge in [0.15, 0.2) is 0 Å². The molecule has 0 saturated heterocycles. The number of nitrogens with zero attached hydrogens (tertiary/aromatic N) is 2. The second-order valence-corrected chi connectivity index (χ2v) is 6.14. The summed E-state index contributed by atoms with van der Waals surface area (Å²) >= 11 is 0. The van der Waals surface area contributed by atoms with Crippen molar-refractivity contribution < 1.29 is 14.4 Å². The van der Waals surface area contributed by atoms with Crippen molar-refractivity contribution in [3.8, 4) is 0 Å². The highest BCUT2D eigenvalue weighted by atomic mass is 19.1. The van der Waals surface area contributed by atoms with Crippen molar-refractivity contribution in [2.75, 3.05) is 4.90 Å². The van der Waals surface area contributed by atoms with E-state index >= 15 is 0 Å². The van der Waals surface area contributed by atoms with E-state index in [0.29, 0.717) is 5.56 Å². The fraction of sp³-hybridized carbons (Fsp3) is 0.0476. The van der Waals surface area contributed by atoms with Gasteiger partial charge >= 0.3 is 0 Å².